The van der Waals surface area contributed by atoms with E-state index in [0.717, 1.165) is 16.0 Å². The number of aryl methyl sites for hydroxylation is 2. The second kappa shape index (κ2) is 7.23. The van der Waals surface area contributed by atoms with E-state index >= 15 is 0 Å². The monoisotopic (exact) mass is 353 g/mol. The average molecular weight is 353 g/mol. The Labute approximate surface area is 148 Å². The van der Waals surface area contributed by atoms with Crippen molar-refractivity contribution in [1.29, 1.82) is 5.26 Å². The number of anilines is 1. The molecule has 7 nitrogen and oxygen atoms in total. The minimum atomic E-state index is -0.195. The van der Waals surface area contributed by atoms with E-state index in [1.807, 2.05) is 19.9 Å². The Hall–Kier alpha value is -3.05. The first kappa shape index (κ1) is 16.8. The topological polar surface area (TPSA) is 105 Å². The van der Waals surface area contributed by atoms with Gasteiger partial charge in [-0.05, 0) is 31.5 Å². The Kier molecular flexibility index (Phi) is 4.86. The van der Waals surface area contributed by atoms with Crippen molar-refractivity contribution in [3.05, 3.63) is 46.4 Å². The first-order valence-electron chi connectivity index (χ1n) is 7.61. The minimum absolute atomic E-state index is 0.190. The summed E-state index contributed by atoms with van der Waals surface area (Å²) in [6.45, 7) is 3.80. The Balaban J connectivity index is 1.61. The largest absolute Gasteiger partial charge is 0.339 e. The molecule has 25 heavy (non-hydrogen) atoms. The molecule has 0 unspecified atom stereocenters. The molecule has 126 valence electrons. The van der Waals surface area contributed by atoms with E-state index in [0.29, 0.717) is 28.7 Å². The number of nitrogens with zero attached hydrogens (tertiary/aromatic N) is 4. The third kappa shape index (κ3) is 3.72. The standard InChI is InChI=1S/C17H15N5O2S/c1-10-11(2)25-17(13(10)8-18)20-14(23)5-6-15-21-16(22-24-15)12-4-3-7-19-9-12/h3-4,7,9H,5-6H2,1-2H3,(H,20,23). The van der Waals surface area contributed by atoms with Gasteiger partial charge >= 0.3 is 0 Å². The highest BCUT2D eigenvalue weighted by atomic mass is 32.1. The van der Waals surface area contributed by atoms with Crippen molar-refractivity contribution in [2.75, 3.05) is 5.32 Å². The summed E-state index contributed by atoms with van der Waals surface area (Å²) in [5.41, 5.74) is 2.18. The lowest BCUT2D eigenvalue weighted by molar-refractivity contribution is -0.116. The quantitative estimate of drug-likeness (QED) is 0.755. The molecule has 0 aliphatic heterocycles. The van der Waals surface area contributed by atoms with Crippen LogP contribution in [0.1, 0.15) is 28.3 Å². The number of hydrogen-bond donors (Lipinski definition) is 1. The van der Waals surface area contributed by atoms with Crippen molar-refractivity contribution in [3.63, 3.8) is 0 Å². The van der Waals surface area contributed by atoms with Gasteiger partial charge in [-0.3, -0.25) is 9.78 Å². The van der Waals surface area contributed by atoms with Crippen LogP contribution in [0.25, 0.3) is 11.4 Å². The molecule has 1 amide bonds. The molecule has 0 radical (unpaired) electrons. The Morgan fingerprint density at radius 3 is 3.00 bits per heavy atom. The van der Waals surface area contributed by atoms with E-state index in [1.165, 1.54) is 11.3 Å². The van der Waals surface area contributed by atoms with Gasteiger partial charge in [0.2, 0.25) is 17.6 Å². The first-order chi connectivity index (χ1) is 12.1. The maximum atomic E-state index is 12.1. The van der Waals surface area contributed by atoms with Crippen LogP contribution in [0.2, 0.25) is 0 Å². The molecule has 0 atom stereocenters. The van der Waals surface area contributed by atoms with Crippen molar-refractivity contribution in [2.24, 2.45) is 0 Å². The van der Waals surface area contributed by atoms with Crippen molar-refractivity contribution in [1.82, 2.24) is 15.1 Å². The number of aromatic nitrogens is 3. The van der Waals surface area contributed by atoms with Crippen LogP contribution >= 0.6 is 11.3 Å². The van der Waals surface area contributed by atoms with E-state index in [9.17, 15) is 10.1 Å². The second-order valence-corrected chi connectivity index (χ2v) is 6.63. The van der Waals surface area contributed by atoms with Crippen LogP contribution in [-0.2, 0) is 11.2 Å². The fourth-order valence-corrected chi connectivity index (χ4v) is 3.25. The number of nitriles is 1. The highest BCUT2D eigenvalue weighted by molar-refractivity contribution is 7.16. The van der Waals surface area contributed by atoms with E-state index < -0.39 is 0 Å². The number of carbonyl (C=O) groups excluding carboxylic acids is 1. The number of amides is 1. The number of rotatable bonds is 5. The lowest BCUT2D eigenvalue weighted by Crippen LogP contribution is -2.12. The van der Waals surface area contributed by atoms with Crippen molar-refractivity contribution >= 4 is 22.2 Å². The number of hydrogen-bond acceptors (Lipinski definition) is 7. The molecule has 3 rings (SSSR count). The van der Waals surface area contributed by atoms with E-state index in [1.54, 1.807) is 18.5 Å². The van der Waals surface area contributed by atoms with Crippen LogP contribution in [0.15, 0.2) is 29.0 Å². The summed E-state index contributed by atoms with van der Waals surface area (Å²) in [7, 11) is 0. The summed E-state index contributed by atoms with van der Waals surface area (Å²) < 4.78 is 5.17. The average Bonchev–Trinajstić information content (AvgIpc) is 3.19. The highest BCUT2D eigenvalue weighted by Crippen LogP contribution is 2.31. The SMILES string of the molecule is Cc1sc(NC(=O)CCc2nc(-c3cccnc3)no2)c(C#N)c1C. The number of carbonyl (C=O) groups is 1. The Morgan fingerprint density at radius 1 is 1.44 bits per heavy atom. The molecule has 0 aromatic carbocycles. The summed E-state index contributed by atoms with van der Waals surface area (Å²) in [6.07, 6.45) is 3.82. The molecule has 0 saturated carbocycles. The molecule has 0 bridgehead atoms. The Bertz CT molecular complexity index is 940. The fourth-order valence-electron chi connectivity index (χ4n) is 2.23. The Morgan fingerprint density at radius 2 is 2.28 bits per heavy atom. The van der Waals surface area contributed by atoms with Gasteiger partial charge in [0.05, 0.1) is 5.56 Å². The first-order valence-corrected chi connectivity index (χ1v) is 8.43. The molecule has 8 heteroatoms. The molecule has 3 aromatic heterocycles. The van der Waals surface area contributed by atoms with Crippen molar-refractivity contribution in [3.8, 4) is 17.5 Å². The molecule has 0 aliphatic carbocycles. The molecular formula is C17H15N5O2S. The maximum Gasteiger partial charge on any atom is 0.227 e. The third-order valence-electron chi connectivity index (χ3n) is 3.70. The predicted molar refractivity (Wildman–Crippen MR) is 93.0 cm³/mol. The molecule has 1 N–H and O–H groups in total. The summed E-state index contributed by atoms with van der Waals surface area (Å²) in [6, 6.07) is 5.76. The predicted octanol–water partition coefficient (Wildman–Crippen LogP) is 3.25. The van der Waals surface area contributed by atoms with E-state index in [4.69, 9.17) is 4.52 Å². The van der Waals surface area contributed by atoms with Crippen LogP contribution in [0.5, 0.6) is 0 Å². The van der Waals surface area contributed by atoms with Gasteiger partial charge in [-0.25, -0.2) is 0 Å². The van der Waals surface area contributed by atoms with Gasteiger partial charge in [-0.1, -0.05) is 5.16 Å². The van der Waals surface area contributed by atoms with Crippen molar-refractivity contribution < 1.29 is 9.32 Å². The zero-order chi connectivity index (χ0) is 17.8. The van der Waals surface area contributed by atoms with Gasteiger partial charge in [0.1, 0.15) is 11.1 Å². The summed E-state index contributed by atoms with van der Waals surface area (Å²) in [5, 5.41) is 16.5. The zero-order valence-corrected chi connectivity index (χ0v) is 14.6. The molecule has 0 aliphatic rings. The molecule has 0 saturated heterocycles. The van der Waals surface area contributed by atoms with Crippen LogP contribution in [-0.4, -0.2) is 21.0 Å². The number of nitrogens with one attached hydrogen (secondary N) is 1. The molecule has 0 fully saturated rings. The fraction of sp³-hybridized carbons (Fsp3) is 0.235. The molecular weight excluding hydrogens is 338 g/mol. The van der Waals surface area contributed by atoms with Gasteiger partial charge in [0, 0.05) is 35.7 Å². The maximum absolute atomic E-state index is 12.1. The van der Waals surface area contributed by atoms with Gasteiger partial charge in [-0.2, -0.15) is 10.2 Å². The number of pyridine rings is 1. The molecule has 3 aromatic rings. The van der Waals surface area contributed by atoms with Gasteiger partial charge < -0.3 is 9.84 Å². The molecule has 3 heterocycles. The van der Waals surface area contributed by atoms with Gasteiger partial charge in [0.15, 0.2) is 0 Å². The van der Waals surface area contributed by atoms with Crippen LogP contribution in [0, 0.1) is 25.2 Å². The smallest absolute Gasteiger partial charge is 0.227 e. The third-order valence-corrected chi connectivity index (χ3v) is 4.83. The van der Waals surface area contributed by atoms with Crippen LogP contribution < -0.4 is 5.32 Å². The lowest BCUT2D eigenvalue weighted by atomic mass is 10.2. The zero-order valence-electron chi connectivity index (χ0n) is 13.7. The minimum Gasteiger partial charge on any atom is -0.339 e. The van der Waals surface area contributed by atoms with Crippen molar-refractivity contribution in [2.45, 2.75) is 26.7 Å². The summed E-state index contributed by atoms with van der Waals surface area (Å²) in [5.74, 6) is 0.631. The van der Waals surface area contributed by atoms with Crippen LogP contribution in [0.3, 0.4) is 0 Å². The summed E-state index contributed by atoms with van der Waals surface area (Å²) in [4.78, 5) is 21.4. The number of thiophene rings is 1. The van der Waals surface area contributed by atoms with Gasteiger partial charge in [-0.15, -0.1) is 11.3 Å². The normalized spacial score (nSPS) is 10.4. The van der Waals surface area contributed by atoms with Crippen LogP contribution in [0.4, 0.5) is 5.00 Å². The molecule has 0 spiro atoms. The highest BCUT2D eigenvalue weighted by Gasteiger charge is 2.16. The van der Waals surface area contributed by atoms with Gasteiger partial charge in [0.25, 0.3) is 0 Å². The van der Waals surface area contributed by atoms with E-state index in [2.05, 4.69) is 26.5 Å². The lowest BCUT2D eigenvalue weighted by Gasteiger charge is -2.01. The second-order valence-electron chi connectivity index (χ2n) is 5.40. The summed E-state index contributed by atoms with van der Waals surface area (Å²) >= 11 is 1.40. The van der Waals surface area contributed by atoms with E-state index in [-0.39, 0.29) is 12.3 Å².